The summed E-state index contributed by atoms with van der Waals surface area (Å²) in [6, 6.07) is 4.65. The number of hydrogen-bond acceptors (Lipinski definition) is 2. The first-order valence-corrected chi connectivity index (χ1v) is 5.65. The molecule has 0 aliphatic rings. The minimum absolute atomic E-state index is 0.223. The predicted molar refractivity (Wildman–Crippen MR) is 63.9 cm³/mol. The molecule has 3 heteroatoms. The van der Waals surface area contributed by atoms with Gasteiger partial charge in [-0.05, 0) is 32.0 Å². The average molecular weight is 225 g/mol. The first kappa shape index (κ1) is 13.0. The zero-order valence-electron chi connectivity index (χ0n) is 10.2. The van der Waals surface area contributed by atoms with Crippen molar-refractivity contribution in [1.29, 1.82) is 0 Å². The van der Waals surface area contributed by atoms with Crippen molar-refractivity contribution in [2.75, 3.05) is 13.6 Å². The maximum atomic E-state index is 13.1. The van der Waals surface area contributed by atoms with E-state index >= 15 is 0 Å². The van der Waals surface area contributed by atoms with E-state index in [1.165, 1.54) is 6.07 Å². The highest BCUT2D eigenvalue weighted by Crippen LogP contribution is 2.21. The van der Waals surface area contributed by atoms with Crippen molar-refractivity contribution in [1.82, 2.24) is 4.90 Å². The first-order valence-electron chi connectivity index (χ1n) is 5.65. The lowest BCUT2D eigenvalue weighted by atomic mass is 10.1. The molecule has 2 nitrogen and oxygen atoms in total. The molecular weight excluding hydrogens is 205 g/mol. The highest BCUT2D eigenvalue weighted by Gasteiger charge is 2.08. The Kier molecular flexibility index (Phi) is 4.74. The van der Waals surface area contributed by atoms with Crippen molar-refractivity contribution in [3.8, 4) is 5.75 Å². The molecule has 0 heterocycles. The Balaban J connectivity index is 2.56. The SMILES string of the molecule is CC(C)CCN(C)Cc1cccc(F)c1O. The van der Waals surface area contributed by atoms with Gasteiger partial charge in [-0.2, -0.15) is 0 Å². The molecule has 0 bridgehead atoms. The van der Waals surface area contributed by atoms with Crippen molar-refractivity contribution >= 4 is 0 Å². The summed E-state index contributed by atoms with van der Waals surface area (Å²) < 4.78 is 13.1. The Morgan fingerprint density at radius 1 is 1.38 bits per heavy atom. The number of aromatic hydroxyl groups is 1. The van der Waals surface area contributed by atoms with Crippen molar-refractivity contribution in [3.63, 3.8) is 0 Å². The quantitative estimate of drug-likeness (QED) is 0.832. The van der Waals surface area contributed by atoms with Crippen LogP contribution in [0, 0.1) is 11.7 Å². The molecule has 0 saturated carbocycles. The summed E-state index contributed by atoms with van der Waals surface area (Å²) in [5, 5.41) is 9.52. The lowest BCUT2D eigenvalue weighted by molar-refractivity contribution is 0.296. The minimum Gasteiger partial charge on any atom is -0.505 e. The standard InChI is InChI=1S/C13H20FNO/c1-10(2)7-8-15(3)9-11-5-4-6-12(14)13(11)16/h4-6,10,16H,7-9H2,1-3H3. The summed E-state index contributed by atoms with van der Waals surface area (Å²) in [5.74, 6) is -0.114. The van der Waals surface area contributed by atoms with Gasteiger partial charge in [-0.1, -0.05) is 26.0 Å². The molecule has 0 radical (unpaired) electrons. The van der Waals surface area contributed by atoms with E-state index in [9.17, 15) is 9.50 Å². The molecule has 90 valence electrons. The van der Waals surface area contributed by atoms with Crippen LogP contribution >= 0.6 is 0 Å². The summed E-state index contributed by atoms with van der Waals surface area (Å²) in [4.78, 5) is 2.09. The van der Waals surface area contributed by atoms with Gasteiger partial charge in [-0.25, -0.2) is 4.39 Å². The fourth-order valence-electron chi connectivity index (χ4n) is 1.54. The minimum atomic E-state index is -0.547. The molecule has 0 aliphatic heterocycles. The van der Waals surface area contributed by atoms with Crippen LogP contribution in [-0.4, -0.2) is 23.6 Å². The van der Waals surface area contributed by atoms with Gasteiger partial charge in [-0.3, -0.25) is 0 Å². The van der Waals surface area contributed by atoms with Gasteiger partial charge < -0.3 is 10.0 Å². The number of nitrogens with zero attached hydrogens (tertiary/aromatic N) is 1. The Morgan fingerprint density at radius 3 is 2.69 bits per heavy atom. The van der Waals surface area contributed by atoms with Crippen LogP contribution in [0.25, 0.3) is 0 Å². The van der Waals surface area contributed by atoms with Crippen molar-refractivity contribution in [2.24, 2.45) is 5.92 Å². The van der Waals surface area contributed by atoms with Gasteiger partial charge >= 0.3 is 0 Å². The second kappa shape index (κ2) is 5.85. The molecule has 1 aromatic carbocycles. The van der Waals surface area contributed by atoms with Gasteiger partial charge in [0.05, 0.1) is 0 Å². The molecule has 0 aromatic heterocycles. The largest absolute Gasteiger partial charge is 0.505 e. The van der Waals surface area contributed by atoms with Gasteiger partial charge in [0.25, 0.3) is 0 Å². The van der Waals surface area contributed by atoms with Gasteiger partial charge in [0.2, 0.25) is 0 Å². The van der Waals surface area contributed by atoms with Gasteiger partial charge in [-0.15, -0.1) is 0 Å². The second-order valence-corrected chi connectivity index (χ2v) is 4.67. The van der Waals surface area contributed by atoms with Crippen LogP contribution in [0.2, 0.25) is 0 Å². The van der Waals surface area contributed by atoms with Crippen molar-refractivity contribution in [3.05, 3.63) is 29.6 Å². The molecule has 1 N–H and O–H groups in total. The van der Waals surface area contributed by atoms with E-state index in [0.29, 0.717) is 18.0 Å². The van der Waals surface area contributed by atoms with E-state index in [-0.39, 0.29) is 5.75 Å². The highest BCUT2D eigenvalue weighted by atomic mass is 19.1. The summed E-state index contributed by atoms with van der Waals surface area (Å²) in [7, 11) is 1.98. The summed E-state index contributed by atoms with van der Waals surface area (Å²) in [6.45, 7) is 5.88. The van der Waals surface area contributed by atoms with Crippen LogP contribution in [0.4, 0.5) is 4.39 Å². The Labute approximate surface area is 96.7 Å². The number of para-hydroxylation sites is 1. The normalized spacial score (nSPS) is 11.4. The fraction of sp³-hybridized carbons (Fsp3) is 0.538. The summed E-state index contributed by atoms with van der Waals surface area (Å²) in [5.41, 5.74) is 0.645. The van der Waals surface area contributed by atoms with Gasteiger partial charge in [0.15, 0.2) is 11.6 Å². The molecule has 0 spiro atoms. The molecule has 0 atom stereocenters. The van der Waals surface area contributed by atoms with E-state index < -0.39 is 5.82 Å². The first-order chi connectivity index (χ1) is 7.50. The predicted octanol–water partition coefficient (Wildman–Crippen LogP) is 3.01. The van der Waals surface area contributed by atoms with Crippen LogP contribution in [0.1, 0.15) is 25.8 Å². The number of rotatable bonds is 5. The van der Waals surface area contributed by atoms with Crippen LogP contribution in [0.3, 0.4) is 0 Å². The molecule has 16 heavy (non-hydrogen) atoms. The van der Waals surface area contributed by atoms with Gasteiger partial charge in [0, 0.05) is 12.1 Å². The van der Waals surface area contributed by atoms with E-state index in [1.807, 2.05) is 7.05 Å². The fourth-order valence-corrected chi connectivity index (χ4v) is 1.54. The number of phenolic OH excluding ortho intramolecular Hbond substituents is 1. The van der Waals surface area contributed by atoms with Crippen LogP contribution in [0.15, 0.2) is 18.2 Å². The molecule has 1 aromatic rings. The third-order valence-corrected chi connectivity index (χ3v) is 2.60. The maximum Gasteiger partial charge on any atom is 0.165 e. The van der Waals surface area contributed by atoms with Crippen molar-refractivity contribution < 1.29 is 9.50 Å². The van der Waals surface area contributed by atoms with E-state index in [0.717, 1.165) is 13.0 Å². The highest BCUT2D eigenvalue weighted by molar-refractivity contribution is 5.33. The monoisotopic (exact) mass is 225 g/mol. The average Bonchev–Trinajstić information content (AvgIpc) is 2.22. The smallest absolute Gasteiger partial charge is 0.165 e. The molecule has 1 rings (SSSR count). The number of halogens is 1. The summed E-state index contributed by atoms with van der Waals surface area (Å²) >= 11 is 0. The number of phenols is 1. The van der Waals surface area contributed by atoms with Gasteiger partial charge in [0.1, 0.15) is 0 Å². The zero-order chi connectivity index (χ0) is 12.1. The van der Waals surface area contributed by atoms with Crippen LogP contribution in [-0.2, 0) is 6.54 Å². The van der Waals surface area contributed by atoms with Crippen LogP contribution in [0.5, 0.6) is 5.75 Å². The van der Waals surface area contributed by atoms with E-state index in [1.54, 1.807) is 12.1 Å². The Hall–Kier alpha value is -1.09. The third-order valence-electron chi connectivity index (χ3n) is 2.60. The lowest BCUT2D eigenvalue weighted by Crippen LogP contribution is -2.20. The zero-order valence-corrected chi connectivity index (χ0v) is 10.2. The second-order valence-electron chi connectivity index (χ2n) is 4.67. The summed E-state index contributed by atoms with van der Waals surface area (Å²) in [6.07, 6.45) is 1.10. The Morgan fingerprint density at radius 2 is 2.06 bits per heavy atom. The Bertz CT molecular complexity index is 339. The molecular formula is C13H20FNO. The molecule has 0 unspecified atom stereocenters. The molecule has 0 fully saturated rings. The lowest BCUT2D eigenvalue weighted by Gasteiger charge is -2.18. The number of hydrogen-bond donors (Lipinski definition) is 1. The topological polar surface area (TPSA) is 23.5 Å². The number of benzene rings is 1. The third kappa shape index (κ3) is 3.81. The van der Waals surface area contributed by atoms with E-state index in [2.05, 4.69) is 18.7 Å². The molecule has 0 amide bonds. The van der Waals surface area contributed by atoms with Crippen molar-refractivity contribution in [2.45, 2.75) is 26.8 Å². The molecule has 0 aliphatic carbocycles. The maximum absolute atomic E-state index is 13.1. The van der Waals surface area contributed by atoms with Crippen LogP contribution < -0.4 is 0 Å². The van der Waals surface area contributed by atoms with E-state index in [4.69, 9.17) is 0 Å². The molecule has 0 saturated heterocycles.